The van der Waals surface area contributed by atoms with Crippen LogP contribution in [0.25, 0.3) is 16.9 Å². The van der Waals surface area contributed by atoms with Crippen molar-refractivity contribution in [1.82, 2.24) is 24.4 Å². The lowest BCUT2D eigenvalue weighted by atomic mass is 10.2. The molecule has 0 aliphatic rings. The smallest absolute Gasteiger partial charge is 0.358 e. The molecule has 3 aromatic heterocycles. The number of carbonyl (C=O) groups is 1. The minimum absolute atomic E-state index is 0.252. The van der Waals surface area contributed by atoms with Gasteiger partial charge in [0.05, 0.1) is 24.7 Å². The van der Waals surface area contributed by atoms with E-state index in [0.717, 1.165) is 11.3 Å². The van der Waals surface area contributed by atoms with Gasteiger partial charge in [-0.1, -0.05) is 0 Å². The van der Waals surface area contributed by atoms with Crippen molar-refractivity contribution in [3.8, 4) is 11.3 Å². The van der Waals surface area contributed by atoms with Crippen molar-refractivity contribution in [1.29, 1.82) is 0 Å². The molecule has 0 saturated heterocycles. The number of imidazole rings is 1. The second-order valence-corrected chi connectivity index (χ2v) is 4.27. The van der Waals surface area contributed by atoms with E-state index in [1.54, 1.807) is 34.6 Å². The van der Waals surface area contributed by atoms with Crippen LogP contribution in [0.15, 0.2) is 30.7 Å². The Hall–Kier alpha value is -2.70. The maximum atomic E-state index is 11.6. The van der Waals surface area contributed by atoms with Crippen LogP contribution in [0.1, 0.15) is 17.4 Å². The molecular weight excluding hydrogens is 258 g/mol. The summed E-state index contributed by atoms with van der Waals surface area (Å²) in [7, 11) is 1.85. The van der Waals surface area contributed by atoms with Gasteiger partial charge >= 0.3 is 5.97 Å². The minimum Gasteiger partial charge on any atom is -0.461 e. The largest absolute Gasteiger partial charge is 0.461 e. The lowest BCUT2D eigenvalue weighted by Gasteiger charge is -1.97. The second-order valence-electron chi connectivity index (χ2n) is 4.27. The first-order chi connectivity index (χ1) is 9.67. The van der Waals surface area contributed by atoms with Crippen molar-refractivity contribution < 1.29 is 9.53 Å². The first-order valence-corrected chi connectivity index (χ1v) is 6.20. The zero-order valence-corrected chi connectivity index (χ0v) is 11.1. The van der Waals surface area contributed by atoms with Gasteiger partial charge in [-0.25, -0.2) is 14.3 Å². The Morgan fingerprint density at radius 2 is 2.20 bits per heavy atom. The molecule has 0 amide bonds. The zero-order valence-electron chi connectivity index (χ0n) is 11.1. The third-order valence-electron chi connectivity index (χ3n) is 2.81. The molecule has 0 N–H and O–H groups in total. The van der Waals surface area contributed by atoms with Crippen LogP contribution >= 0.6 is 0 Å². The molecule has 0 aliphatic carbocycles. The van der Waals surface area contributed by atoms with Crippen molar-refractivity contribution in [3.05, 3.63) is 36.4 Å². The average Bonchev–Trinajstić information content (AvgIpc) is 3.04. The number of aryl methyl sites for hydroxylation is 1. The molecule has 3 rings (SSSR count). The van der Waals surface area contributed by atoms with Crippen LogP contribution in [0.5, 0.6) is 0 Å². The number of carbonyl (C=O) groups excluding carboxylic acids is 1. The van der Waals surface area contributed by atoms with Crippen LogP contribution in [-0.2, 0) is 11.8 Å². The van der Waals surface area contributed by atoms with E-state index in [1.165, 1.54) is 0 Å². The number of nitrogens with zero attached hydrogens (tertiary/aromatic N) is 5. The molecule has 0 unspecified atom stereocenters. The van der Waals surface area contributed by atoms with E-state index in [2.05, 4.69) is 15.2 Å². The molecule has 102 valence electrons. The summed E-state index contributed by atoms with van der Waals surface area (Å²) in [6, 6.07) is 3.65. The van der Waals surface area contributed by atoms with Gasteiger partial charge < -0.3 is 4.74 Å². The molecule has 0 fully saturated rings. The summed E-state index contributed by atoms with van der Waals surface area (Å²) >= 11 is 0. The Morgan fingerprint density at radius 1 is 1.35 bits per heavy atom. The highest BCUT2D eigenvalue weighted by Crippen LogP contribution is 2.16. The number of rotatable bonds is 3. The fraction of sp³-hybridized carbons (Fsp3) is 0.231. The SMILES string of the molecule is CCOC(=O)c1cn2nc(-c3cnn(C)c3)ccc2n1. The minimum atomic E-state index is -0.444. The average molecular weight is 271 g/mol. The molecule has 7 nitrogen and oxygen atoms in total. The van der Waals surface area contributed by atoms with Crippen molar-refractivity contribution in [2.24, 2.45) is 7.05 Å². The highest BCUT2D eigenvalue weighted by Gasteiger charge is 2.13. The van der Waals surface area contributed by atoms with Gasteiger partial charge in [-0.15, -0.1) is 0 Å². The first-order valence-electron chi connectivity index (χ1n) is 6.20. The highest BCUT2D eigenvalue weighted by atomic mass is 16.5. The second kappa shape index (κ2) is 4.76. The number of esters is 1. The number of hydrogen-bond donors (Lipinski definition) is 0. The van der Waals surface area contributed by atoms with Crippen molar-refractivity contribution in [3.63, 3.8) is 0 Å². The Bertz CT molecular complexity index is 774. The molecule has 0 bridgehead atoms. The van der Waals surface area contributed by atoms with E-state index >= 15 is 0 Å². The Balaban J connectivity index is 2.01. The summed E-state index contributed by atoms with van der Waals surface area (Å²) in [5.74, 6) is -0.444. The van der Waals surface area contributed by atoms with Crippen LogP contribution < -0.4 is 0 Å². The molecule has 0 aromatic carbocycles. The predicted molar refractivity (Wildman–Crippen MR) is 71.1 cm³/mol. The van der Waals surface area contributed by atoms with E-state index in [4.69, 9.17) is 4.74 Å². The van der Waals surface area contributed by atoms with Crippen LogP contribution in [0.3, 0.4) is 0 Å². The van der Waals surface area contributed by atoms with Gasteiger partial charge in [0.1, 0.15) is 0 Å². The van der Waals surface area contributed by atoms with Crippen LogP contribution in [0, 0.1) is 0 Å². The van der Waals surface area contributed by atoms with Crippen LogP contribution in [0.2, 0.25) is 0 Å². The zero-order chi connectivity index (χ0) is 14.1. The standard InChI is InChI=1S/C13H13N5O2/c1-3-20-13(19)11-8-18-12(15-11)5-4-10(16-18)9-6-14-17(2)7-9/h4-8H,3H2,1-2H3. The van der Waals surface area contributed by atoms with Crippen LogP contribution in [-0.4, -0.2) is 37.0 Å². The fourth-order valence-corrected chi connectivity index (χ4v) is 1.89. The maximum Gasteiger partial charge on any atom is 0.358 e. The van der Waals surface area contributed by atoms with Gasteiger partial charge in [0.25, 0.3) is 0 Å². The van der Waals surface area contributed by atoms with Crippen molar-refractivity contribution in [2.75, 3.05) is 6.61 Å². The van der Waals surface area contributed by atoms with Gasteiger partial charge in [-0.3, -0.25) is 4.68 Å². The number of ether oxygens (including phenoxy) is 1. The van der Waals surface area contributed by atoms with Gasteiger partial charge in [-0.05, 0) is 19.1 Å². The monoisotopic (exact) mass is 271 g/mol. The molecule has 0 spiro atoms. The third-order valence-corrected chi connectivity index (χ3v) is 2.81. The Morgan fingerprint density at radius 3 is 2.90 bits per heavy atom. The molecule has 3 heterocycles. The van der Waals surface area contributed by atoms with E-state index in [1.807, 2.05) is 19.3 Å². The maximum absolute atomic E-state index is 11.6. The summed E-state index contributed by atoms with van der Waals surface area (Å²) in [5, 5.41) is 8.52. The summed E-state index contributed by atoms with van der Waals surface area (Å²) < 4.78 is 8.19. The first kappa shape index (κ1) is 12.3. The summed E-state index contributed by atoms with van der Waals surface area (Å²) in [4.78, 5) is 15.8. The summed E-state index contributed by atoms with van der Waals surface area (Å²) in [6.07, 6.45) is 5.17. The molecule has 7 heteroatoms. The molecule has 3 aromatic rings. The van der Waals surface area contributed by atoms with E-state index in [9.17, 15) is 4.79 Å². The Labute approximate surface area is 114 Å². The lowest BCUT2D eigenvalue weighted by molar-refractivity contribution is 0.0520. The lowest BCUT2D eigenvalue weighted by Crippen LogP contribution is -2.04. The van der Waals surface area contributed by atoms with E-state index in [0.29, 0.717) is 12.3 Å². The number of aromatic nitrogens is 5. The molecule has 0 aliphatic heterocycles. The molecule has 20 heavy (non-hydrogen) atoms. The topological polar surface area (TPSA) is 74.3 Å². The predicted octanol–water partition coefficient (Wildman–Crippen LogP) is 1.31. The van der Waals surface area contributed by atoms with Gasteiger partial charge in [-0.2, -0.15) is 10.2 Å². The quantitative estimate of drug-likeness (QED) is 0.671. The summed E-state index contributed by atoms with van der Waals surface area (Å²) in [6.45, 7) is 2.08. The molecular formula is C13H13N5O2. The van der Waals surface area contributed by atoms with Gasteiger partial charge in [0.2, 0.25) is 0 Å². The third kappa shape index (κ3) is 2.13. The Kier molecular flexibility index (Phi) is 2.94. The molecule has 0 atom stereocenters. The summed E-state index contributed by atoms with van der Waals surface area (Å²) in [5.41, 5.74) is 2.52. The van der Waals surface area contributed by atoms with Gasteiger partial charge in [0, 0.05) is 18.8 Å². The molecule has 0 radical (unpaired) electrons. The molecule has 0 saturated carbocycles. The normalized spacial score (nSPS) is 10.9. The number of fused-ring (bicyclic) bond motifs is 1. The van der Waals surface area contributed by atoms with E-state index < -0.39 is 5.97 Å². The van der Waals surface area contributed by atoms with Crippen LogP contribution in [0.4, 0.5) is 0 Å². The fourth-order valence-electron chi connectivity index (χ4n) is 1.89. The van der Waals surface area contributed by atoms with Gasteiger partial charge in [0.15, 0.2) is 11.3 Å². The highest BCUT2D eigenvalue weighted by molar-refractivity contribution is 5.87. The van der Waals surface area contributed by atoms with Crippen molar-refractivity contribution in [2.45, 2.75) is 6.92 Å². The number of hydrogen-bond acceptors (Lipinski definition) is 5. The van der Waals surface area contributed by atoms with Crippen molar-refractivity contribution >= 4 is 11.6 Å². The van der Waals surface area contributed by atoms with E-state index in [-0.39, 0.29) is 5.69 Å².